The van der Waals surface area contributed by atoms with Crippen molar-refractivity contribution in [3.05, 3.63) is 35.9 Å². The van der Waals surface area contributed by atoms with E-state index in [0.717, 1.165) is 24.8 Å². The van der Waals surface area contributed by atoms with Crippen molar-refractivity contribution >= 4 is 12.2 Å². The van der Waals surface area contributed by atoms with Crippen LogP contribution in [0.25, 0.3) is 0 Å². The highest BCUT2D eigenvalue weighted by atomic mass is 16.5. The lowest BCUT2D eigenvalue weighted by atomic mass is 9.79. The molecule has 20 heavy (non-hydrogen) atoms. The molecule has 0 aromatic heterocycles. The molecule has 1 aliphatic rings. The first-order valence-corrected chi connectivity index (χ1v) is 6.38. The Balaban J connectivity index is 0.000000204. The zero-order valence-corrected chi connectivity index (χ0v) is 11.5. The van der Waals surface area contributed by atoms with E-state index in [4.69, 9.17) is 10.8 Å². The van der Waals surface area contributed by atoms with E-state index in [1.54, 1.807) is 0 Å². The maximum atomic E-state index is 10.2. The van der Waals surface area contributed by atoms with Gasteiger partial charge in [0.05, 0.1) is 0 Å². The number of carbonyl (C=O) groups excluding carboxylic acids is 1. The van der Waals surface area contributed by atoms with E-state index < -0.39 is 12.2 Å². The van der Waals surface area contributed by atoms with Gasteiger partial charge in [-0.25, -0.2) is 9.59 Å². The quantitative estimate of drug-likeness (QED) is 0.791. The Bertz CT molecular complexity index is 444. The van der Waals surface area contributed by atoms with Gasteiger partial charge in [-0.2, -0.15) is 0 Å². The van der Waals surface area contributed by atoms with Gasteiger partial charge < -0.3 is 20.9 Å². The second kappa shape index (κ2) is 7.37. The SMILES string of the molecule is CC1(NC(=O)O)CCC1.NC(=O)OCc1ccccc1. The fourth-order valence-electron chi connectivity index (χ4n) is 1.82. The van der Waals surface area contributed by atoms with E-state index in [-0.39, 0.29) is 12.1 Å². The van der Waals surface area contributed by atoms with Crippen LogP contribution in [0.5, 0.6) is 0 Å². The minimum Gasteiger partial charge on any atom is -0.465 e. The molecule has 0 aliphatic heterocycles. The van der Waals surface area contributed by atoms with Gasteiger partial charge in [0.2, 0.25) is 0 Å². The minimum absolute atomic E-state index is 0.105. The lowest BCUT2D eigenvalue weighted by molar-refractivity contribution is 0.150. The van der Waals surface area contributed by atoms with Crippen molar-refractivity contribution in [2.45, 2.75) is 38.3 Å². The molecule has 0 spiro atoms. The average molecular weight is 280 g/mol. The molecule has 1 aromatic carbocycles. The first-order valence-electron chi connectivity index (χ1n) is 6.38. The Morgan fingerprint density at radius 3 is 2.30 bits per heavy atom. The summed E-state index contributed by atoms with van der Waals surface area (Å²) in [4.78, 5) is 20.3. The van der Waals surface area contributed by atoms with E-state index >= 15 is 0 Å². The van der Waals surface area contributed by atoms with Crippen LogP contribution in [0, 0.1) is 0 Å². The molecule has 2 rings (SSSR count). The van der Waals surface area contributed by atoms with Crippen LogP contribution in [-0.2, 0) is 11.3 Å². The summed E-state index contributed by atoms with van der Waals surface area (Å²) in [6, 6.07) is 9.37. The molecule has 0 atom stereocenters. The average Bonchev–Trinajstić information content (AvgIpc) is 2.36. The summed E-state index contributed by atoms with van der Waals surface area (Å²) in [7, 11) is 0. The summed E-state index contributed by atoms with van der Waals surface area (Å²) in [5, 5.41) is 10.8. The molecule has 4 N–H and O–H groups in total. The lowest BCUT2D eigenvalue weighted by Gasteiger charge is -2.37. The van der Waals surface area contributed by atoms with Gasteiger partial charge in [0.25, 0.3) is 0 Å². The van der Waals surface area contributed by atoms with E-state index in [0.29, 0.717) is 0 Å². The van der Waals surface area contributed by atoms with E-state index in [1.807, 2.05) is 37.3 Å². The Kier molecular flexibility index (Phi) is 5.83. The molecule has 110 valence electrons. The Hall–Kier alpha value is -2.24. The van der Waals surface area contributed by atoms with Crippen molar-refractivity contribution in [3.63, 3.8) is 0 Å². The maximum absolute atomic E-state index is 10.2. The first-order chi connectivity index (χ1) is 9.41. The third-order valence-corrected chi connectivity index (χ3v) is 3.09. The van der Waals surface area contributed by atoms with E-state index in [9.17, 15) is 9.59 Å². The van der Waals surface area contributed by atoms with Crippen LogP contribution < -0.4 is 11.1 Å². The summed E-state index contributed by atoms with van der Waals surface area (Å²) >= 11 is 0. The Morgan fingerprint density at radius 2 is 1.95 bits per heavy atom. The normalized spacial score (nSPS) is 15.1. The van der Waals surface area contributed by atoms with Crippen molar-refractivity contribution in [1.29, 1.82) is 0 Å². The molecule has 6 nitrogen and oxygen atoms in total. The summed E-state index contributed by atoms with van der Waals surface area (Å²) in [6.45, 7) is 2.18. The zero-order chi connectivity index (χ0) is 15.0. The molecule has 0 heterocycles. The number of carboxylic acid groups (broad SMARTS) is 1. The topological polar surface area (TPSA) is 102 Å². The maximum Gasteiger partial charge on any atom is 0.405 e. The van der Waals surface area contributed by atoms with E-state index in [2.05, 4.69) is 10.1 Å². The van der Waals surface area contributed by atoms with Crippen LogP contribution in [0.2, 0.25) is 0 Å². The number of carbonyl (C=O) groups is 2. The number of hydrogen-bond donors (Lipinski definition) is 3. The van der Waals surface area contributed by atoms with Gasteiger partial charge in [0.15, 0.2) is 0 Å². The molecule has 1 fully saturated rings. The fourth-order valence-corrected chi connectivity index (χ4v) is 1.82. The molecule has 1 saturated carbocycles. The van der Waals surface area contributed by atoms with Crippen LogP contribution in [0.1, 0.15) is 31.7 Å². The minimum atomic E-state index is -0.905. The number of rotatable bonds is 3. The van der Waals surface area contributed by atoms with Crippen molar-refractivity contribution in [2.24, 2.45) is 5.73 Å². The number of primary amides is 1. The van der Waals surface area contributed by atoms with Crippen LogP contribution >= 0.6 is 0 Å². The zero-order valence-electron chi connectivity index (χ0n) is 11.5. The predicted octanol–water partition coefficient (Wildman–Crippen LogP) is 2.48. The van der Waals surface area contributed by atoms with Gasteiger partial charge >= 0.3 is 12.2 Å². The van der Waals surface area contributed by atoms with Crippen LogP contribution in [0.4, 0.5) is 9.59 Å². The number of ether oxygens (including phenoxy) is 1. The standard InChI is InChI=1S/C8H9NO2.C6H11NO2/c9-8(10)11-6-7-4-2-1-3-5-7;1-6(3-2-4-6)7-5(8)9/h1-5H,6H2,(H2,9,10);7H,2-4H2,1H3,(H,8,9). The molecule has 0 unspecified atom stereocenters. The van der Waals surface area contributed by atoms with Gasteiger partial charge in [-0.3, -0.25) is 0 Å². The highest BCUT2D eigenvalue weighted by molar-refractivity contribution is 5.65. The first kappa shape index (κ1) is 15.8. The van der Waals surface area contributed by atoms with E-state index in [1.165, 1.54) is 0 Å². The smallest absolute Gasteiger partial charge is 0.405 e. The third-order valence-electron chi connectivity index (χ3n) is 3.09. The van der Waals surface area contributed by atoms with Crippen LogP contribution in [-0.4, -0.2) is 22.8 Å². The Labute approximate surface area is 117 Å². The van der Waals surface area contributed by atoms with Gasteiger partial charge in [-0.15, -0.1) is 0 Å². The second-order valence-electron chi connectivity index (χ2n) is 4.94. The summed E-state index contributed by atoms with van der Waals surface area (Å²) < 4.78 is 4.57. The molecular weight excluding hydrogens is 260 g/mol. The number of nitrogens with one attached hydrogen (secondary N) is 1. The molecule has 0 saturated heterocycles. The molecule has 0 bridgehead atoms. The second-order valence-corrected chi connectivity index (χ2v) is 4.94. The third kappa shape index (κ3) is 6.08. The molecule has 2 amide bonds. The van der Waals surface area contributed by atoms with Gasteiger partial charge in [0, 0.05) is 5.54 Å². The molecule has 0 radical (unpaired) electrons. The monoisotopic (exact) mass is 280 g/mol. The summed E-state index contributed by atoms with van der Waals surface area (Å²) in [5.41, 5.74) is 5.61. The number of benzene rings is 1. The van der Waals surface area contributed by atoms with Crippen molar-refractivity contribution in [3.8, 4) is 0 Å². The number of nitrogens with two attached hydrogens (primary N) is 1. The van der Waals surface area contributed by atoms with Crippen molar-refractivity contribution < 1.29 is 19.4 Å². The number of hydrogen-bond acceptors (Lipinski definition) is 3. The van der Waals surface area contributed by atoms with Crippen molar-refractivity contribution in [1.82, 2.24) is 5.32 Å². The fraction of sp³-hybridized carbons (Fsp3) is 0.429. The lowest BCUT2D eigenvalue weighted by Crippen LogP contribution is -2.50. The summed E-state index contributed by atoms with van der Waals surface area (Å²) in [6.07, 6.45) is 1.47. The van der Waals surface area contributed by atoms with Gasteiger partial charge in [-0.05, 0) is 31.7 Å². The van der Waals surface area contributed by atoms with Crippen molar-refractivity contribution in [2.75, 3.05) is 0 Å². The molecule has 1 aromatic rings. The predicted molar refractivity (Wildman–Crippen MR) is 74.2 cm³/mol. The highest BCUT2D eigenvalue weighted by Crippen LogP contribution is 2.30. The van der Waals surface area contributed by atoms with Crippen LogP contribution in [0.15, 0.2) is 30.3 Å². The van der Waals surface area contributed by atoms with Gasteiger partial charge in [0.1, 0.15) is 6.61 Å². The molecule has 1 aliphatic carbocycles. The Morgan fingerprint density at radius 1 is 1.35 bits per heavy atom. The molecular formula is C14H20N2O4. The van der Waals surface area contributed by atoms with Gasteiger partial charge in [-0.1, -0.05) is 30.3 Å². The highest BCUT2D eigenvalue weighted by Gasteiger charge is 2.32. The summed E-state index contributed by atoms with van der Waals surface area (Å²) in [5.74, 6) is 0. The molecule has 6 heteroatoms. The van der Waals surface area contributed by atoms with Crippen LogP contribution in [0.3, 0.4) is 0 Å². The largest absolute Gasteiger partial charge is 0.465 e. The number of amides is 2.